The van der Waals surface area contributed by atoms with E-state index < -0.39 is 42.5 Å². The van der Waals surface area contributed by atoms with E-state index in [0.29, 0.717) is 27.8 Å². The molecular weight excluding hydrogens is 1240 g/mol. The third-order valence-corrected chi connectivity index (χ3v) is 11.9. The van der Waals surface area contributed by atoms with Crippen molar-refractivity contribution in [2.75, 3.05) is 14.2 Å². The molecule has 0 saturated carbocycles. The van der Waals surface area contributed by atoms with Crippen molar-refractivity contribution in [3.05, 3.63) is 169 Å². The van der Waals surface area contributed by atoms with Gasteiger partial charge in [-0.05, 0) is 106 Å². The standard InChI is InChI=1S/C13H14N2O2S.C10H8N2O2S.C9H6N2O2S.C8H11NO2S.C5H4BrN.C4H3NO2S.C3H9ClSi.CH4O/c1-13(2,3)17-12(16)10-8-18-11(15-10)9-6-4-5-7-14-9;1-14-10(13)8-6-15-9(12-8)7-4-2-3-5-11-7;12-9(13)7-5-14-8(11-7)6-3-1-2-4-10-6;1-8(2,3)11-7(10)6-4-12-5-9-6;6-5-3-1-2-4-7-5;6-4(7)3-1-8-2-5-3;1-5(2,3)4;1-2/h4-8H,1-3H3;2-6H,1H3;1-5H,(H,12,13);4-5H,1-3H3;1-4H;1-2H,(H,6,7);1-3H3;2H,1H3. The number of nitrogens with zero attached hydrogens (tertiary/aromatic N) is 9. The number of rotatable bonds is 8. The summed E-state index contributed by atoms with van der Waals surface area (Å²) in [4.78, 5) is 90.8. The molecule has 20 nitrogen and oxygen atoms in total. The molecule has 0 amide bonds. The first-order valence-corrected chi connectivity index (χ1v) is 33.1. The number of aliphatic hydroxyl groups excluding tert-OH is 1. The van der Waals surface area contributed by atoms with Gasteiger partial charge >= 0.3 is 29.8 Å². The smallest absolute Gasteiger partial charge is 0.358 e. The molecule has 28 heteroatoms. The van der Waals surface area contributed by atoms with Crippen molar-refractivity contribution in [1.29, 1.82) is 0 Å². The van der Waals surface area contributed by atoms with Gasteiger partial charge in [0.25, 0.3) is 0 Å². The van der Waals surface area contributed by atoms with E-state index in [1.165, 1.54) is 80.1 Å². The van der Waals surface area contributed by atoms with E-state index >= 15 is 0 Å². The molecule has 81 heavy (non-hydrogen) atoms. The minimum absolute atomic E-state index is 0.0654. The average Bonchev–Trinajstić information content (AvgIpc) is 4.34. The Bertz CT molecular complexity index is 3210. The Balaban J connectivity index is 0.000000331. The van der Waals surface area contributed by atoms with Crippen molar-refractivity contribution in [2.24, 2.45) is 0 Å². The second-order valence-corrected chi connectivity index (χ2v) is 30.2. The second-order valence-electron chi connectivity index (χ2n) is 17.8. The van der Waals surface area contributed by atoms with Crippen LogP contribution in [0.1, 0.15) is 94.0 Å². The zero-order valence-corrected chi connectivity index (χ0v) is 53.1. The van der Waals surface area contributed by atoms with E-state index in [4.69, 9.17) is 35.9 Å². The van der Waals surface area contributed by atoms with Gasteiger partial charge in [-0.3, -0.25) is 15.0 Å². The number of aliphatic hydroxyl groups is 1. The quantitative estimate of drug-likeness (QED) is 0.0419. The minimum atomic E-state index is -1.14. The molecular formula is C53H59BrClN9O11S5Si. The van der Waals surface area contributed by atoms with Crippen LogP contribution >= 0.6 is 83.7 Å². The number of esters is 3. The Morgan fingerprint density at radius 3 is 1.09 bits per heavy atom. The molecule has 9 aromatic rings. The van der Waals surface area contributed by atoms with Crippen molar-refractivity contribution in [3.63, 3.8) is 0 Å². The molecule has 0 aliphatic carbocycles. The molecule has 0 saturated heterocycles. The number of thiazole rings is 5. The van der Waals surface area contributed by atoms with Crippen LogP contribution < -0.4 is 0 Å². The van der Waals surface area contributed by atoms with Crippen LogP contribution in [0.5, 0.6) is 0 Å². The highest BCUT2D eigenvalue weighted by Crippen LogP contribution is 2.24. The summed E-state index contributed by atoms with van der Waals surface area (Å²) in [7, 11) is 1.20. The zero-order chi connectivity index (χ0) is 60.6. The van der Waals surface area contributed by atoms with Gasteiger partial charge < -0.3 is 29.5 Å². The molecule has 0 unspecified atom stereocenters. The lowest BCUT2D eigenvalue weighted by Crippen LogP contribution is -2.24. The Labute approximate surface area is 502 Å². The number of carboxylic acid groups (broad SMARTS) is 2. The highest BCUT2D eigenvalue weighted by Gasteiger charge is 2.21. The normalized spacial score (nSPS) is 10.2. The highest BCUT2D eigenvalue weighted by molar-refractivity contribution is 9.10. The summed E-state index contributed by atoms with van der Waals surface area (Å²) in [6.07, 6.45) is 6.78. The average molecular weight is 1300 g/mol. The summed E-state index contributed by atoms with van der Waals surface area (Å²) in [6.45, 7) is 17.3. The predicted octanol–water partition coefficient (Wildman–Crippen LogP) is 13.5. The molecule has 0 spiro atoms. The zero-order valence-electron chi connectivity index (χ0n) is 45.7. The first-order chi connectivity index (χ1) is 38.2. The van der Waals surface area contributed by atoms with Crippen LogP contribution in [0.4, 0.5) is 0 Å². The molecule has 0 aliphatic heterocycles. The van der Waals surface area contributed by atoms with Crippen LogP contribution in [-0.2, 0) is 14.2 Å². The van der Waals surface area contributed by atoms with Crippen LogP contribution in [0.25, 0.3) is 32.1 Å². The molecule has 0 radical (unpaired) electrons. The number of halogens is 2. The number of carbonyl (C=O) groups is 5. The van der Waals surface area contributed by atoms with E-state index in [9.17, 15) is 24.0 Å². The van der Waals surface area contributed by atoms with E-state index in [0.717, 1.165) is 33.1 Å². The summed E-state index contributed by atoms with van der Waals surface area (Å²) in [5, 5.41) is 34.0. The Morgan fingerprint density at radius 1 is 0.494 bits per heavy atom. The lowest BCUT2D eigenvalue weighted by atomic mass is 10.2. The van der Waals surface area contributed by atoms with Crippen molar-refractivity contribution in [3.8, 4) is 32.1 Å². The SMILES string of the molecule is Brc1ccccn1.CC(C)(C)OC(=O)c1csc(-c2ccccn2)n1.CC(C)(C)OC(=O)c1cscn1.CO.COC(=O)c1csc(-c2ccccn2)n1.C[Si](C)(C)Cl.O=C(O)c1csc(-c2ccccn2)n1.O=C(O)c1cscn1. The van der Waals surface area contributed by atoms with Gasteiger partial charge in [-0.15, -0.1) is 56.7 Å². The van der Waals surface area contributed by atoms with E-state index in [-0.39, 0.29) is 17.4 Å². The van der Waals surface area contributed by atoms with E-state index in [1.54, 1.807) is 58.6 Å². The minimum Gasteiger partial charge on any atom is -0.476 e. The summed E-state index contributed by atoms with van der Waals surface area (Å²) < 4.78 is 15.8. The predicted molar refractivity (Wildman–Crippen MR) is 325 cm³/mol. The molecule has 0 aliphatic rings. The van der Waals surface area contributed by atoms with Gasteiger partial charge in [0.2, 0.25) is 0 Å². The van der Waals surface area contributed by atoms with Gasteiger partial charge in [0.05, 0.1) is 35.2 Å². The number of aromatic carboxylic acids is 2. The summed E-state index contributed by atoms with van der Waals surface area (Å²) in [5.41, 5.74) is 5.59. The summed E-state index contributed by atoms with van der Waals surface area (Å²) in [5.74, 6) is -3.16. The first kappa shape index (κ1) is 70.2. The van der Waals surface area contributed by atoms with E-state index in [1.807, 2.05) is 102 Å². The van der Waals surface area contributed by atoms with Gasteiger partial charge in [-0.2, -0.15) is 11.1 Å². The maximum absolute atomic E-state index is 11.8. The topological polar surface area (TPSA) is 290 Å². The first-order valence-electron chi connectivity index (χ1n) is 23.3. The molecule has 9 heterocycles. The fourth-order valence-electron chi connectivity index (χ4n) is 4.67. The number of carboxylic acids is 2. The van der Waals surface area contributed by atoms with Crippen molar-refractivity contribution < 1.29 is 53.5 Å². The molecule has 9 rings (SSSR count). The Kier molecular flexibility index (Phi) is 31.5. The fourth-order valence-corrected chi connectivity index (χ4v) is 8.28. The molecule has 0 fully saturated rings. The van der Waals surface area contributed by atoms with Crippen LogP contribution in [0.2, 0.25) is 19.6 Å². The lowest BCUT2D eigenvalue weighted by molar-refractivity contribution is 0.00514. The molecule has 430 valence electrons. The number of hydrogen-bond acceptors (Lipinski definition) is 23. The van der Waals surface area contributed by atoms with Gasteiger partial charge in [-0.25, -0.2) is 53.9 Å². The van der Waals surface area contributed by atoms with Crippen molar-refractivity contribution >= 4 is 121 Å². The number of aromatic nitrogens is 9. The number of methoxy groups -OCH3 is 1. The highest BCUT2D eigenvalue weighted by atomic mass is 79.9. The number of ether oxygens (including phenoxy) is 3. The third-order valence-electron chi connectivity index (χ3n) is 7.71. The number of carbonyl (C=O) groups excluding carboxylic acids is 3. The second kappa shape index (κ2) is 36.4. The largest absolute Gasteiger partial charge is 0.476 e. The van der Waals surface area contributed by atoms with Crippen LogP contribution in [-0.4, -0.2) is 123 Å². The molecule has 3 N–H and O–H groups in total. The fraction of sp³-hybridized carbons (Fsp3) is 0.245. The van der Waals surface area contributed by atoms with E-state index in [2.05, 4.69) is 85.2 Å². The Morgan fingerprint density at radius 2 is 0.827 bits per heavy atom. The number of hydrogen-bond donors (Lipinski definition) is 3. The Hall–Kier alpha value is -6.95. The maximum atomic E-state index is 11.8. The van der Waals surface area contributed by atoms with Gasteiger partial charge in [0.15, 0.2) is 28.5 Å². The van der Waals surface area contributed by atoms with Gasteiger partial charge in [0, 0.05) is 58.8 Å². The van der Waals surface area contributed by atoms with Crippen molar-refractivity contribution in [1.82, 2.24) is 44.9 Å². The van der Waals surface area contributed by atoms with Gasteiger partial charge in [0.1, 0.15) is 38.2 Å². The molecule has 0 aromatic carbocycles. The number of pyridine rings is 4. The monoisotopic (exact) mass is 1300 g/mol. The maximum Gasteiger partial charge on any atom is 0.358 e. The third kappa shape index (κ3) is 30.4. The summed E-state index contributed by atoms with van der Waals surface area (Å²) in [6, 6.07) is 22.3. The lowest BCUT2D eigenvalue weighted by Gasteiger charge is -2.18. The van der Waals surface area contributed by atoms with Crippen molar-refractivity contribution in [2.45, 2.75) is 72.4 Å². The molecule has 0 bridgehead atoms. The summed E-state index contributed by atoms with van der Waals surface area (Å²) >= 11 is 15.6. The molecule has 0 atom stereocenters. The van der Waals surface area contributed by atoms with Gasteiger partial charge in [-0.1, -0.05) is 43.9 Å². The molecule has 9 aromatic heterocycles. The van der Waals surface area contributed by atoms with Crippen LogP contribution in [0, 0.1) is 0 Å². The van der Waals surface area contributed by atoms with Crippen LogP contribution in [0.15, 0.2) is 140 Å². The van der Waals surface area contributed by atoms with Crippen LogP contribution in [0.3, 0.4) is 0 Å².